The fourth-order valence-corrected chi connectivity index (χ4v) is 2.03. The topological polar surface area (TPSA) is 38.0 Å². The summed E-state index contributed by atoms with van der Waals surface area (Å²) in [5.74, 6) is 0. The zero-order valence-corrected chi connectivity index (χ0v) is 11.0. The first-order chi connectivity index (χ1) is 8.77. The van der Waals surface area contributed by atoms with Gasteiger partial charge in [0.2, 0.25) is 0 Å². The summed E-state index contributed by atoms with van der Waals surface area (Å²) >= 11 is 5.96. The van der Waals surface area contributed by atoms with Gasteiger partial charge in [-0.15, -0.1) is 0 Å². The van der Waals surface area contributed by atoms with Gasteiger partial charge in [-0.2, -0.15) is 0 Å². The van der Waals surface area contributed by atoms with E-state index in [9.17, 15) is 0 Å². The van der Waals surface area contributed by atoms with Crippen molar-refractivity contribution in [3.05, 3.63) is 59.1 Å². The molecule has 0 spiro atoms. The predicted molar refractivity (Wildman–Crippen MR) is 79.1 cm³/mol. The van der Waals surface area contributed by atoms with Crippen molar-refractivity contribution in [3.8, 4) is 0 Å². The average molecular weight is 261 g/mol. The van der Waals surface area contributed by atoms with Crippen molar-refractivity contribution in [2.75, 3.05) is 17.6 Å². The van der Waals surface area contributed by atoms with Crippen molar-refractivity contribution in [2.45, 2.75) is 12.8 Å². The highest BCUT2D eigenvalue weighted by atomic mass is 35.5. The molecule has 0 heterocycles. The number of benzene rings is 2. The Labute approximate surface area is 113 Å². The molecule has 0 amide bonds. The van der Waals surface area contributed by atoms with E-state index in [2.05, 4.69) is 29.6 Å². The molecule has 0 unspecified atom stereocenters. The summed E-state index contributed by atoms with van der Waals surface area (Å²) in [5, 5.41) is 3.91. The van der Waals surface area contributed by atoms with Crippen LogP contribution in [0.5, 0.6) is 0 Å². The maximum Gasteiger partial charge on any atom is 0.0739 e. The number of nitrogen functional groups attached to an aromatic ring is 1. The SMILES string of the molecule is Nc1c(Cl)cccc1NCCCc1ccccc1. The molecule has 0 saturated carbocycles. The Morgan fingerprint density at radius 1 is 1.00 bits per heavy atom. The first-order valence-corrected chi connectivity index (χ1v) is 6.47. The summed E-state index contributed by atoms with van der Waals surface area (Å²) in [6.45, 7) is 0.888. The molecule has 0 fully saturated rings. The largest absolute Gasteiger partial charge is 0.396 e. The third-order valence-electron chi connectivity index (χ3n) is 2.85. The Kier molecular flexibility index (Phi) is 4.48. The number of halogens is 1. The Bertz CT molecular complexity index is 497. The van der Waals surface area contributed by atoms with Gasteiger partial charge in [0.15, 0.2) is 0 Å². The van der Waals surface area contributed by atoms with E-state index >= 15 is 0 Å². The molecule has 0 aromatic heterocycles. The highest BCUT2D eigenvalue weighted by Gasteiger charge is 2.01. The Hall–Kier alpha value is -1.67. The van der Waals surface area contributed by atoms with Crippen LogP contribution in [0.1, 0.15) is 12.0 Å². The van der Waals surface area contributed by atoms with Gasteiger partial charge in [0.05, 0.1) is 16.4 Å². The van der Waals surface area contributed by atoms with E-state index in [0.717, 1.165) is 25.1 Å². The molecule has 2 aromatic rings. The smallest absolute Gasteiger partial charge is 0.0739 e. The molecular formula is C15H17ClN2. The Morgan fingerprint density at radius 2 is 1.78 bits per heavy atom. The molecule has 0 atom stereocenters. The van der Waals surface area contributed by atoms with E-state index in [4.69, 9.17) is 17.3 Å². The molecule has 2 nitrogen and oxygen atoms in total. The Morgan fingerprint density at radius 3 is 2.56 bits per heavy atom. The highest BCUT2D eigenvalue weighted by Crippen LogP contribution is 2.26. The second-order valence-electron chi connectivity index (χ2n) is 4.22. The molecule has 0 aliphatic rings. The van der Waals surface area contributed by atoms with Crippen molar-refractivity contribution >= 4 is 23.0 Å². The number of para-hydroxylation sites is 1. The summed E-state index contributed by atoms with van der Waals surface area (Å²) in [6.07, 6.45) is 2.13. The minimum atomic E-state index is 0.600. The lowest BCUT2D eigenvalue weighted by Gasteiger charge is -2.10. The maximum absolute atomic E-state index is 5.96. The molecule has 0 saturated heterocycles. The Balaban J connectivity index is 1.81. The number of nitrogens with one attached hydrogen (secondary N) is 1. The molecule has 2 aromatic carbocycles. The van der Waals surface area contributed by atoms with Gasteiger partial charge in [-0.3, -0.25) is 0 Å². The summed E-state index contributed by atoms with van der Waals surface area (Å²) in [5.41, 5.74) is 8.78. The van der Waals surface area contributed by atoms with Crippen molar-refractivity contribution in [1.29, 1.82) is 0 Å². The van der Waals surface area contributed by atoms with Crippen LogP contribution in [-0.4, -0.2) is 6.54 Å². The van der Waals surface area contributed by atoms with Crippen LogP contribution >= 0.6 is 11.6 Å². The van der Waals surface area contributed by atoms with E-state index in [1.54, 1.807) is 6.07 Å². The molecule has 3 N–H and O–H groups in total. The van der Waals surface area contributed by atoms with Crippen LogP contribution in [0.4, 0.5) is 11.4 Å². The number of hydrogen-bond acceptors (Lipinski definition) is 2. The monoisotopic (exact) mass is 260 g/mol. The summed E-state index contributed by atoms with van der Waals surface area (Å²) < 4.78 is 0. The standard InChI is InChI=1S/C15H17ClN2/c16-13-9-4-10-14(15(13)17)18-11-5-8-12-6-2-1-3-7-12/h1-4,6-7,9-10,18H,5,8,11,17H2. The fraction of sp³-hybridized carbons (Fsp3) is 0.200. The molecule has 18 heavy (non-hydrogen) atoms. The zero-order valence-electron chi connectivity index (χ0n) is 10.2. The van der Waals surface area contributed by atoms with Crippen LogP contribution in [0.25, 0.3) is 0 Å². The summed E-state index contributed by atoms with van der Waals surface area (Å²) in [6, 6.07) is 16.1. The molecule has 94 valence electrons. The van der Waals surface area contributed by atoms with Crippen molar-refractivity contribution in [1.82, 2.24) is 0 Å². The normalized spacial score (nSPS) is 10.3. The quantitative estimate of drug-likeness (QED) is 0.631. The number of anilines is 2. The minimum Gasteiger partial charge on any atom is -0.396 e. The van der Waals surface area contributed by atoms with Crippen molar-refractivity contribution in [3.63, 3.8) is 0 Å². The van der Waals surface area contributed by atoms with Gasteiger partial charge in [0.25, 0.3) is 0 Å². The van der Waals surface area contributed by atoms with Gasteiger partial charge >= 0.3 is 0 Å². The summed E-state index contributed by atoms with van der Waals surface area (Å²) in [7, 11) is 0. The van der Waals surface area contributed by atoms with Gasteiger partial charge < -0.3 is 11.1 Å². The predicted octanol–water partition coefficient (Wildman–Crippen LogP) is 3.97. The molecule has 0 radical (unpaired) electrons. The van der Waals surface area contributed by atoms with Crippen molar-refractivity contribution in [2.24, 2.45) is 0 Å². The fourth-order valence-electron chi connectivity index (χ4n) is 1.85. The van der Waals surface area contributed by atoms with Crippen LogP contribution in [0.15, 0.2) is 48.5 Å². The van der Waals surface area contributed by atoms with Crippen molar-refractivity contribution < 1.29 is 0 Å². The molecule has 3 heteroatoms. The molecule has 0 aliphatic carbocycles. The van der Waals surface area contributed by atoms with Crippen LogP contribution in [0, 0.1) is 0 Å². The number of nitrogens with two attached hydrogens (primary N) is 1. The first-order valence-electron chi connectivity index (χ1n) is 6.09. The van der Waals surface area contributed by atoms with E-state index in [-0.39, 0.29) is 0 Å². The van der Waals surface area contributed by atoms with E-state index in [1.807, 2.05) is 18.2 Å². The lowest BCUT2D eigenvalue weighted by Crippen LogP contribution is -2.05. The highest BCUT2D eigenvalue weighted by molar-refractivity contribution is 6.33. The van der Waals surface area contributed by atoms with Gasteiger partial charge in [-0.05, 0) is 30.5 Å². The molecule has 2 rings (SSSR count). The second-order valence-corrected chi connectivity index (χ2v) is 4.62. The van der Waals surface area contributed by atoms with Gasteiger partial charge in [-0.1, -0.05) is 48.0 Å². The number of hydrogen-bond donors (Lipinski definition) is 2. The van der Waals surface area contributed by atoms with Gasteiger partial charge in [0.1, 0.15) is 0 Å². The van der Waals surface area contributed by atoms with Crippen LogP contribution in [0.3, 0.4) is 0 Å². The van der Waals surface area contributed by atoms with Crippen LogP contribution in [0.2, 0.25) is 5.02 Å². The second kappa shape index (κ2) is 6.31. The molecular weight excluding hydrogens is 244 g/mol. The lowest BCUT2D eigenvalue weighted by atomic mass is 10.1. The van der Waals surface area contributed by atoms with Gasteiger partial charge in [0, 0.05) is 6.54 Å². The first kappa shape index (κ1) is 12.8. The molecule has 0 aliphatic heterocycles. The number of rotatable bonds is 5. The third-order valence-corrected chi connectivity index (χ3v) is 3.18. The minimum absolute atomic E-state index is 0.600. The third kappa shape index (κ3) is 3.41. The molecule has 0 bridgehead atoms. The van der Waals surface area contributed by atoms with Crippen LogP contribution < -0.4 is 11.1 Å². The summed E-state index contributed by atoms with van der Waals surface area (Å²) in [4.78, 5) is 0. The van der Waals surface area contributed by atoms with Gasteiger partial charge in [-0.25, -0.2) is 0 Å². The van der Waals surface area contributed by atoms with E-state index in [1.165, 1.54) is 5.56 Å². The van der Waals surface area contributed by atoms with E-state index < -0.39 is 0 Å². The number of aryl methyl sites for hydroxylation is 1. The van der Waals surface area contributed by atoms with Crippen LogP contribution in [-0.2, 0) is 6.42 Å². The zero-order chi connectivity index (χ0) is 12.8. The maximum atomic E-state index is 5.96. The average Bonchev–Trinajstić information content (AvgIpc) is 2.40. The van der Waals surface area contributed by atoms with E-state index in [0.29, 0.717) is 10.7 Å². The lowest BCUT2D eigenvalue weighted by molar-refractivity contribution is 0.863.